The number of fused-ring (bicyclic) bond motifs is 1. The average Bonchev–Trinajstić information content (AvgIpc) is 2.16. The second-order valence-corrected chi connectivity index (χ2v) is 3.65. The van der Waals surface area contributed by atoms with Crippen molar-refractivity contribution in [3.8, 4) is 5.75 Å². The van der Waals surface area contributed by atoms with Crippen LogP contribution >= 0.6 is 11.6 Å². The van der Waals surface area contributed by atoms with Crippen LogP contribution in [0.25, 0.3) is 0 Å². The van der Waals surface area contributed by atoms with E-state index in [0.29, 0.717) is 10.6 Å². The van der Waals surface area contributed by atoms with Crippen LogP contribution in [0.2, 0.25) is 5.02 Å². The van der Waals surface area contributed by atoms with Gasteiger partial charge in [0.1, 0.15) is 5.75 Å². The van der Waals surface area contributed by atoms with Crippen LogP contribution in [0.3, 0.4) is 0 Å². The number of ether oxygens (including phenoxy) is 1. The van der Waals surface area contributed by atoms with Gasteiger partial charge in [0.05, 0.1) is 12.0 Å². The van der Waals surface area contributed by atoms with Gasteiger partial charge in [0.15, 0.2) is 5.78 Å². The van der Waals surface area contributed by atoms with Crippen molar-refractivity contribution < 1.29 is 19.4 Å². The zero-order valence-corrected chi connectivity index (χ0v) is 8.32. The smallest absolute Gasteiger partial charge is 0.345 e. The molecule has 2 rings (SSSR count). The summed E-state index contributed by atoms with van der Waals surface area (Å²) in [5.41, 5.74) is 0.386. The minimum atomic E-state index is -1.14. The molecule has 78 valence electrons. The molecule has 0 bridgehead atoms. The van der Waals surface area contributed by atoms with Gasteiger partial charge in [-0.15, -0.1) is 0 Å². The summed E-state index contributed by atoms with van der Waals surface area (Å²) in [4.78, 5) is 22.2. The Morgan fingerprint density at radius 3 is 2.93 bits per heavy atom. The summed E-state index contributed by atoms with van der Waals surface area (Å²) < 4.78 is 5.14. The largest absolute Gasteiger partial charge is 0.478 e. The van der Waals surface area contributed by atoms with Crippen molar-refractivity contribution in [1.82, 2.24) is 0 Å². The summed E-state index contributed by atoms with van der Waals surface area (Å²) in [7, 11) is 0. The molecule has 0 spiro atoms. The van der Waals surface area contributed by atoms with Crippen molar-refractivity contribution in [2.45, 2.75) is 12.5 Å². The van der Waals surface area contributed by atoms with Gasteiger partial charge in [-0.3, -0.25) is 4.79 Å². The summed E-state index contributed by atoms with van der Waals surface area (Å²) >= 11 is 5.71. The van der Waals surface area contributed by atoms with E-state index in [-0.39, 0.29) is 18.0 Å². The number of Topliss-reactive ketones (excluding diaryl/α,β-unsaturated/α-hetero) is 1. The maximum Gasteiger partial charge on any atom is 0.345 e. The molecule has 0 unspecified atom stereocenters. The molecule has 0 radical (unpaired) electrons. The normalized spacial score (nSPS) is 19.3. The van der Waals surface area contributed by atoms with Crippen molar-refractivity contribution in [1.29, 1.82) is 0 Å². The summed E-state index contributed by atoms with van der Waals surface area (Å²) in [5.74, 6) is -1.14. The zero-order valence-electron chi connectivity index (χ0n) is 7.57. The molecule has 0 amide bonds. The van der Waals surface area contributed by atoms with E-state index in [0.717, 1.165) is 0 Å². The molecule has 1 atom stereocenters. The highest BCUT2D eigenvalue weighted by molar-refractivity contribution is 6.30. The van der Waals surface area contributed by atoms with Crippen LogP contribution < -0.4 is 4.74 Å². The number of carboxylic acids is 1. The highest BCUT2D eigenvalue weighted by Crippen LogP contribution is 2.30. The molecule has 0 aromatic heterocycles. The maximum atomic E-state index is 11.5. The second kappa shape index (κ2) is 3.55. The van der Waals surface area contributed by atoms with E-state index >= 15 is 0 Å². The fourth-order valence-corrected chi connectivity index (χ4v) is 1.60. The van der Waals surface area contributed by atoms with Gasteiger partial charge in [-0.05, 0) is 18.2 Å². The molecule has 1 aromatic rings. The topological polar surface area (TPSA) is 63.6 Å². The minimum Gasteiger partial charge on any atom is -0.478 e. The highest BCUT2D eigenvalue weighted by atomic mass is 35.5. The molecule has 1 heterocycles. The van der Waals surface area contributed by atoms with Gasteiger partial charge in [-0.2, -0.15) is 0 Å². The van der Waals surface area contributed by atoms with Gasteiger partial charge in [0.25, 0.3) is 0 Å². The Bertz CT molecular complexity index is 441. The molecule has 5 heteroatoms. The number of hydrogen-bond acceptors (Lipinski definition) is 3. The Morgan fingerprint density at radius 2 is 2.27 bits per heavy atom. The van der Waals surface area contributed by atoms with Gasteiger partial charge >= 0.3 is 5.97 Å². The molecule has 0 fully saturated rings. The Morgan fingerprint density at radius 1 is 1.53 bits per heavy atom. The predicted molar refractivity (Wildman–Crippen MR) is 52.5 cm³/mol. The third-order valence-corrected chi connectivity index (χ3v) is 2.39. The molecule has 0 saturated heterocycles. The van der Waals surface area contributed by atoms with Crippen molar-refractivity contribution in [2.24, 2.45) is 0 Å². The minimum absolute atomic E-state index is 0.135. The van der Waals surface area contributed by atoms with E-state index in [4.69, 9.17) is 21.4 Å². The molecule has 15 heavy (non-hydrogen) atoms. The van der Waals surface area contributed by atoms with Crippen LogP contribution in [-0.2, 0) is 4.79 Å². The second-order valence-electron chi connectivity index (χ2n) is 3.21. The number of ketones is 1. The number of benzene rings is 1. The fraction of sp³-hybridized carbons (Fsp3) is 0.200. The fourth-order valence-electron chi connectivity index (χ4n) is 1.44. The molecule has 4 nitrogen and oxygen atoms in total. The molecule has 0 aliphatic carbocycles. The average molecular weight is 227 g/mol. The first-order valence-electron chi connectivity index (χ1n) is 4.30. The van der Waals surface area contributed by atoms with Gasteiger partial charge in [0, 0.05) is 5.02 Å². The molecular formula is C10H7ClO4. The van der Waals surface area contributed by atoms with Gasteiger partial charge < -0.3 is 9.84 Å². The van der Waals surface area contributed by atoms with Gasteiger partial charge in [0.2, 0.25) is 6.10 Å². The van der Waals surface area contributed by atoms with E-state index < -0.39 is 12.1 Å². The number of aliphatic carboxylic acids is 1. The van der Waals surface area contributed by atoms with Crippen LogP contribution in [0.4, 0.5) is 0 Å². The van der Waals surface area contributed by atoms with E-state index in [2.05, 4.69) is 0 Å². The van der Waals surface area contributed by atoms with Crippen LogP contribution in [0.15, 0.2) is 18.2 Å². The van der Waals surface area contributed by atoms with Crippen molar-refractivity contribution in [2.75, 3.05) is 0 Å². The van der Waals surface area contributed by atoms with Crippen LogP contribution in [0, 0.1) is 0 Å². The number of carbonyl (C=O) groups excluding carboxylic acids is 1. The van der Waals surface area contributed by atoms with Crippen molar-refractivity contribution in [3.05, 3.63) is 28.8 Å². The lowest BCUT2D eigenvalue weighted by Gasteiger charge is -2.22. The number of carboxylic acid groups (broad SMARTS) is 1. The summed E-state index contributed by atoms with van der Waals surface area (Å²) in [6.45, 7) is 0. The number of rotatable bonds is 1. The Kier molecular flexibility index (Phi) is 2.36. The van der Waals surface area contributed by atoms with Crippen LogP contribution in [0.1, 0.15) is 16.8 Å². The molecule has 1 aromatic carbocycles. The van der Waals surface area contributed by atoms with E-state index in [9.17, 15) is 9.59 Å². The van der Waals surface area contributed by atoms with Gasteiger partial charge in [-0.1, -0.05) is 11.6 Å². The molecule has 1 N–H and O–H groups in total. The van der Waals surface area contributed by atoms with Crippen LogP contribution in [0.5, 0.6) is 5.75 Å². The van der Waals surface area contributed by atoms with Crippen LogP contribution in [-0.4, -0.2) is 23.0 Å². The Labute approximate surface area is 90.4 Å². The van der Waals surface area contributed by atoms with Gasteiger partial charge in [-0.25, -0.2) is 4.79 Å². The lowest BCUT2D eigenvalue weighted by atomic mass is 10.0. The lowest BCUT2D eigenvalue weighted by Crippen LogP contribution is -2.33. The third kappa shape index (κ3) is 1.80. The zero-order chi connectivity index (χ0) is 11.0. The standard InChI is InChI=1S/C10H7ClO4/c11-5-1-2-6-7(12)4-9(10(13)14)15-8(6)3-5/h1-3,9H,4H2,(H,13,14)/t9-/m0/s1. The summed E-state index contributed by atoms with van der Waals surface area (Å²) in [6.07, 6.45) is -1.24. The molecule has 1 aliphatic heterocycles. The molecular weight excluding hydrogens is 220 g/mol. The quantitative estimate of drug-likeness (QED) is 0.793. The highest BCUT2D eigenvalue weighted by Gasteiger charge is 2.31. The molecule has 0 saturated carbocycles. The molecule has 1 aliphatic rings. The SMILES string of the molecule is O=C1C[C@@H](C(=O)O)Oc2cc(Cl)ccc21. The monoisotopic (exact) mass is 226 g/mol. The van der Waals surface area contributed by atoms with E-state index in [1.165, 1.54) is 12.1 Å². The lowest BCUT2D eigenvalue weighted by molar-refractivity contribution is -0.145. The number of hydrogen-bond donors (Lipinski definition) is 1. The summed E-state index contributed by atoms with van der Waals surface area (Å²) in [5, 5.41) is 9.15. The maximum absolute atomic E-state index is 11.5. The number of carbonyl (C=O) groups is 2. The number of halogens is 1. The Hall–Kier alpha value is -1.55. The Balaban J connectivity index is 2.41. The third-order valence-electron chi connectivity index (χ3n) is 2.16. The van der Waals surface area contributed by atoms with Crippen molar-refractivity contribution in [3.63, 3.8) is 0 Å². The van der Waals surface area contributed by atoms with E-state index in [1.54, 1.807) is 6.07 Å². The van der Waals surface area contributed by atoms with Crippen molar-refractivity contribution >= 4 is 23.4 Å². The first-order valence-corrected chi connectivity index (χ1v) is 4.68. The summed E-state index contributed by atoms with van der Waals surface area (Å²) in [6, 6.07) is 4.56. The predicted octanol–water partition coefficient (Wildman–Crippen LogP) is 1.76. The first kappa shape index (κ1) is 9.98. The first-order chi connectivity index (χ1) is 7.08. The van der Waals surface area contributed by atoms with E-state index in [1.807, 2.05) is 0 Å².